The molecule has 1 aromatic carbocycles. The van der Waals surface area contributed by atoms with Gasteiger partial charge >= 0.3 is 0 Å². The third-order valence-corrected chi connectivity index (χ3v) is 6.58. The number of hydrogen-bond acceptors (Lipinski definition) is 5. The summed E-state index contributed by atoms with van der Waals surface area (Å²) >= 11 is 0. The molecule has 1 aliphatic heterocycles. The summed E-state index contributed by atoms with van der Waals surface area (Å²) in [5.74, 6) is 0.930. The molecule has 162 valence electrons. The van der Waals surface area contributed by atoms with Crippen molar-refractivity contribution >= 4 is 17.6 Å². The number of hydrogen-bond donors (Lipinski definition) is 2. The highest BCUT2D eigenvalue weighted by molar-refractivity contribution is 6.04. The van der Waals surface area contributed by atoms with E-state index in [1.54, 1.807) is 11.7 Å². The minimum atomic E-state index is -0.252. The van der Waals surface area contributed by atoms with Crippen LogP contribution in [-0.2, 0) is 4.79 Å². The summed E-state index contributed by atoms with van der Waals surface area (Å²) in [5, 5.41) is 7.44. The van der Waals surface area contributed by atoms with Crippen LogP contribution in [0.15, 0.2) is 36.9 Å². The number of nitrogens with one attached hydrogen (secondary N) is 1. The van der Waals surface area contributed by atoms with Gasteiger partial charge in [-0.1, -0.05) is 6.58 Å². The second-order valence-corrected chi connectivity index (χ2v) is 8.93. The number of nitrogens with zero attached hydrogens (tertiary/aromatic N) is 3. The Kier molecular flexibility index (Phi) is 4.53. The summed E-state index contributed by atoms with van der Waals surface area (Å²) in [6, 6.07) is 7.78. The minimum absolute atomic E-state index is 0.0222. The van der Waals surface area contributed by atoms with Gasteiger partial charge in [0.2, 0.25) is 5.91 Å². The lowest BCUT2D eigenvalue weighted by molar-refractivity contribution is -0.148. The van der Waals surface area contributed by atoms with Crippen molar-refractivity contribution in [1.29, 1.82) is 0 Å². The van der Waals surface area contributed by atoms with E-state index in [9.17, 15) is 9.59 Å². The summed E-state index contributed by atoms with van der Waals surface area (Å²) in [5.41, 5.74) is 8.35. The molecule has 5 rings (SSSR count). The molecule has 3 N–H and O–H groups in total. The number of benzene rings is 1. The molecule has 0 atom stereocenters. The molecule has 1 spiro atoms. The number of nitrogens with two attached hydrogens (primary N) is 1. The van der Waals surface area contributed by atoms with E-state index in [-0.39, 0.29) is 23.3 Å². The molecule has 1 aromatic heterocycles. The molecule has 1 saturated heterocycles. The maximum Gasteiger partial charge on any atom is 0.257 e. The Morgan fingerprint density at radius 2 is 1.94 bits per heavy atom. The Balaban J connectivity index is 1.37. The van der Waals surface area contributed by atoms with E-state index in [1.165, 1.54) is 6.08 Å². The van der Waals surface area contributed by atoms with E-state index in [0.717, 1.165) is 50.1 Å². The molecule has 0 unspecified atom stereocenters. The maximum atomic E-state index is 12.6. The molecule has 0 bridgehead atoms. The zero-order valence-electron chi connectivity index (χ0n) is 17.6. The number of carbonyl (C=O) groups excluding carboxylic acids is 2. The summed E-state index contributed by atoms with van der Waals surface area (Å²) in [6.07, 6.45) is 5.67. The lowest BCUT2D eigenvalue weighted by Crippen LogP contribution is -2.63. The molecular formula is C23H27N5O3. The number of nitrogen functional groups attached to an aromatic ring is 1. The van der Waals surface area contributed by atoms with Gasteiger partial charge in [0.15, 0.2) is 0 Å². The molecule has 2 aromatic rings. The number of carbonyl (C=O) groups is 2. The molecule has 3 fully saturated rings. The van der Waals surface area contributed by atoms with Crippen molar-refractivity contribution < 1.29 is 14.3 Å². The predicted octanol–water partition coefficient (Wildman–Crippen LogP) is 2.38. The fraction of sp³-hybridized carbons (Fsp3) is 0.435. The van der Waals surface area contributed by atoms with Gasteiger partial charge in [0.1, 0.15) is 22.8 Å². The largest absolute Gasteiger partial charge is 0.490 e. The topological polar surface area (TPSA) is 102 Å². The standard InChI is InChI=1S/C23H27N5O3/c1-3-18(29)27-12-23(13-27)10-15(11-23)28-21(24)19(22(30)25-2)20(26-28)14-4-6-16(7-5-14)31-17-8-9-17/h3-7,15,17H,1,8-13,24H2,2H3,(H,25,30). The van der Waals surface area contributed by atoms with Crippen molar-refractivity contribution in [3.63, 3.8) is 0 Å². The van der Waals surface area contributed by atoms with Gasteiger partial charge in [0.25, 0.3) is 5.91 Å². The van der Waals surface area contributed by atoms with Crippen molar-refractivity contribution in [1.82, 2.24) is 20.0 Å². The Hall–Kier alpha value is -3.29. The molecule has 8 nitrogen and oxygen atoms in total. The van der Waals surface area contributed by atoms with Crippen LogP contribution in [0.25, 0.3) is 11.3 Å². The van der Waals surface area contributed by atoms with Crippen molar-refractivity contribution in [3.8, 4) is 17.0 Å². The highest BCUT2D eigenvalue weighted by atomic mass is 16.5. The van der Waals surface area contributed by atoms with Gasteiger partial charge in [-0.25, -0.2) is 4.68 Å². The zero-order valence-corrected chi connectivity index (χ0v) is 17.6. The second-order valence-electron chi connectivity index (χ2n) is 8.93. The molecule has 3 aliphatic rings. The van der Waals surface area contributed by atoms with Gasteiger partial charge in [0.05, 0.1) is 12.1 Å². The lowest BCUT2D eigenvalue weighted by Gasteiger charge is -2.58. The first kappa shape index (κ1) is 19.7. The molecule has 2 amide bonds. The fourth-order valence-corrected chi connectivity index (χ4v) is 4.77. The minimum Gasteiger partial charge on any atom is -0.490 e. The predicted molar refractivity (Wildman–Crippen MR) is 117 cm³/mol. The summed E-state index contributed by atoms with van der Waals surface area (Å²) < 4.78 is 7.61. The van der Waals surface area contributed by atoms with Crippen molar-refractivity contribution in [2.45, 2.75) is 37.8 Å². The Morgan fingerprint density at radius 1 is 1.26 bits per heavy atom. The molecule has 8 heteroatoms. The lowest BCUT2D eigenvalue weighted by atomic mass is 9.60. The molecule has 2 heterocycles. The van der Waals surface area contributed by atoms with Crippen LogP contribution in [0.1, 0.15) is 42.1 Å². The maximum absolute atomic E-state index is 12.6. The molecule has 2 aliphatic carbocycles. The zero-order chi connectivity index (χ0) is 21.8. The van der Waals surface area contributed by atoms with E-state index >= 15 is 0 Å². The van der Waals surface area contributed by atoms with Crippen LogP contribution in [0, 0.1) is 5.41 Å². The van der Waals surface area contributed by atoms with Crippen molar-refractivity contribution in [3.05, 3.63) is 42.5 Å². The smallest absolute Gasteiger partial charge is 0.257 e. The average molecular weight is 422 g/mol. The summed E-state index contributed by atoms with van der Waals surface area (Å²) in [4.78, 5) is 26.2. The van der Waals surface area contributed by atoms with Gasteiger partial charge in [-0.15, -0.1) is 0 Å². The van der Waals surface area contributed by atoms with E-state index in [2.05, 4.69) is 11.9 Å². The van der Waals surface area contributed by atoms with Crippen LogP contribution in [0.3, 0.4) is 0 Å². The fourth-order valence-electron chi connectivity index (χ4n) is 4.77. The first-order chi connectivity index (χ1) is 14.9. The third-order valence-electron chi connectivity index (χ3n) is 6.58. The van der Waals surface area contributed by atoms with Crippen LogP contribution in [0.5, 0.6) is 5.75 Å². The first-order valence-electron chi connectivity index (χ1n) is 10.7. The van der Waals surface area contributed by atoms with Gasteiger partial charge in [0, 0.05) is 31.1 Å². The highest BCUT2D eigenvalue weighted by Crippen LogP contribution is 2.55. The van der Waals surface area contributed by atoms with Crippen molar-refractivity contribution in [2.75, 3.05) is 25.9 Å². The first-order valence-corrected chi connectivity index (χ1v) is 10.7. The van der Waals surface area contributed by atoms with Crippen LogP contribution >= 0.6 is 0 Å². The number of ether oxygens (including phenoxy) is 1. The monoisotopic (exact) mass is 421 g/mol. The molecule has 2 saturated carbocycles. The SMILES string of the molecule is C=CC(=O)N1CC2(CC(n3nc(-c4ccc(OC5CC5)cc4)c(C(=O)NC)c3N)C2)C1. The van der Waals surface area contributed by atoms with Crippen LogP contribution in [0.2, 0.25) is 0 Å². The van der Waals surface area contributed by atoms with E-state index in [1.807, 2.05) is 29.2 Å². The van der Waals surface area contributed by atoms with E-state index < -0.39 is 0 Å². The van der Waals surface area contributed by atoms with Crippen LogP contribution < -0.4 is 15.8 Å². The second kappa shape index (κ2) is 7.14. The van der Waals surface area contributed by atoms with Gasteiger partial charge in [-0.3, -0.25) is 9.59 Å². The normalized spacial score (nSPS) is 19.5. The average Bonchev–Trinajstić information content (AvgIpc) is 3.47. The van der Waals surface area contributed by atoms with Gasteiger partial charge in [-0.2, -0.15) is 5.10 Å². The van der Waals surface area contributed by atoms with Gasteiger partial charge in [-0.05, 0) is 56.0 Å². The number of anilines is 1. The quantitative estimate of drug-likeness (QED) is 0.697. The van der Waals surface area contributed by atoms with Crippen molar-refractivity contribution in [2.24, 2.45) is 5.41 Å². The number of likely N-dealkylation sites (tertiary alicyclic amines) is 1. The molecular weight excluding hydrogens is 394 g/mol. The highest BCUT2D eigenvalue weighted by Gasteiger charge is 2.54. The number of amides is 2. The summed E-state index contributed by atoms with van der Waals surface area (Å²) in [6.45, 7) is 5.04. The van der Waals surface area contributed by atoms with E-state index in [4.69, 9.17) is 15.6 Å². The Bertz CT molecular complexity index is 1040. The molecule has 31 heavy (non-hydrogen) atoms. The Labute approximate surface area is 181 Å². The third kappa shape index (κ3) is 3.36. The Morgan fingerprint density at radius 3 is 2.52 bits per heavy atom. The molecule has 0 radical (unpaired) electrons. The van der Waals surface area contributed by atoms with E-state index in [0.29, 0.717) is 23.2 Å². The summed E-state index contributed by atoms with van der Waals surface area (Å²) in [7, 11) is 1.59. The van der Waals surface area contributed by atoms with Crippen LogP contribution in [-0.4, -0.2) is 52.7 Å². The number of aromatic nitrogens is 2. The van der Waals surface area contributed by atoms with Crippen LogP contribution in [0.4, 0.5) is 5.82 Å². The van der Waals surface area contributed by atoms with Gasteiger partial charge < -0.3 is 20.7 Å². The number of rotatable bonds is 6.